The predicted octanol–water partition coefficient (Wildman–Crippen LogP) is 2.14. The lowest BCUT2D eigenvalue weighted by atomic mass is 9.99. The number of benzene rings is 1. The molecular weight excluding hydrogens is 294 g/mol. The van der Waals surface area contributed by atoms with Crippen LogP contribution in [0, 0.1) is 5.92 Å². The highest BCUT2D eigenvalue weighted by Gasteiger charge is 2.20. The molecule has 0 radical (unpaired) electrons. The lowest BCUT2D eigenvalue weighted by Gasteiger charge is -2.13. The Morgan fingerprint density at radius 1 is 1.22 bits per heavy atom. The van der Waals surface area contributed by atoms with Gasteiger partial charge < -0.3 is 10.4 Å². The van der Waals surface area contributed by atoms with Gasteiger partial charge in [0.25, 0.3) is 5.91 Å². The number of nitrogens with zero attached hydrogens (tertiary/aromatic N) is 2. The third-order valence-corrected chi connectivity index (χ3v) is 3.55. The van der Waals surface area contributed by atoms with Gasteiger partial charge in [0.15, 0.2) is 0 Å². The van der Waals surface area contributed by atoms with Crippen molar-refractivity contribution in [3.8, 4) is 0 Å². The maximum Gasteiger partial charge on any atom is 0.308 e. The molecule has 0 saturated heterocycles. The average molecular weight is 315 g/mol. The number of aliphatic carboxylic acids is 1. The molecule has 1 aromatic carbocycles. The third kappa shape index (κ3) is 4.67. The molecule has 2 N–H and O–H groups in total. The first kappa shape index (κ1) is 16.7. The first-order valence-electron chi connectivity index (χ1n) is 7.57. The lowest BCUT2D eigenvalue weighted by Crippen LogP contribution is -2.34. The van der Waals surface area contributed by atoms with Crippen LogP contribution in [0.1, 0.15) is 35.9 Å². The molecule has 1 heterocycles. The van der Waals surface area contributed by atoms with Crippen LogP contribution in [0.2, 0.25) is 0 Å². The number of aromatic nitrogens is 2. The van der Waals surface area contributed by atoms with Crippen LogP contribution in [0.3, 0.4) is 0 Å². The number of nitrogens with one attached hydrogen (secondary N) is 1. The van der Waals surface area contributed by atoms with Crippen molar-refractivity contribution in [3.05, 3.63) is 53.9 Å². The maximum atomic E-state index is 12.1. The molecule has 0 fully saturated rings. The molecule has 2 aromatic rings. The van der Waals surface area contributed by atoms with Crippen molar-refractivity contribution >= 4 is 11.9 Å². The monoisotopic (exact) mass is 315 g/mol. The number of carbonyl (C=O) groups excluding carboxylic acids is 1. The summed E-state index contributed by atoms with van der Waals surface area (Å²) in [6.07, 6.45) is 2.11. The largest absolute Gasteiger partial charge is 0.481 e. The molecule has 0 aliphatic rings. The number of carboxylic acid groups (broad SMARTS) is 1. The Hall–Kier alpha value is -2.63. The molecule has 1 atom stereocenters. The number of hydrogen-bond donors (Lipinski definition) is 2. The normalized spacial score (nSPS) is 12.1. The van der Waals surface area contributed by atoms with Crippen LogP contribution < -0.4 is 5.32 Å². The zero-order chi connectivity index (χ0) is 16.8. The Kier molecular flexibility index (Phi) is 5.51. The molecule has 0 spiro atoms. The van der Waals surface area contributed by atoms with Gasteiger partial charge in [-0.2, -0.15) is 5.10 Å². The zero-order valence-corrected chi connectivity index (χ0v) is 13.3. The minimum absolute atomic E-state index is 0.0671. The number of carboxylic acids is 1. The molecule has 0 saturated carbocycles. The lowest BCUT2D eigenvalue weighted by molar-refractivity contribution is -0.141. The minimum atomic E-state index is -0.929. The topological polar surface area (TPSA) is 84.2 Å². The summed E-state index contributed by atoms with van der Waals surface area (Å²) in [6, 6.07) is 11.2. The van der Waals surface area contributed by atoms with E-state index in [4.69, 9.17) is 0 Å². The number of amides is 1. The maximum absolute atomic E-state index is 12.1. The van der Waals surface area contributed by atoms with Crippen molar-refractivity contribution in [2.75, 3.05) is 6.54 Å². The van der Waals surface area contributed by atoms with Gasteiger partial charge in [-0.15, -0.1) is 0 Å². The van der Waals surface area contributed by atoms with Crippen LogP contribution in [0.25, 0.3) is 0 Å². The van der Waals surface area contributed by atoms with Crippen LogP contribution >= 0.6 is 0 Å². The molecule has 2 rings (SSSR count). The minimum Gasteiger partial charge on any atom is -0.481 e. The molecule has 23 heavy (non-hydrogen) atoms. The highest BCUT2D eigenvalue weighted by molar-refractivity contribution is 5.92. The third-order valence-electron chi connectivity index (χ3n) is 3.55. The summed E-state index contributed by atoms with van der Waals surface area (Å²) in [5.41, 5.74) is 1.22. The zero-order valence-electron chi connectivity index (χ0n) is 13.3. The highest BCUT2D eigenvalue weighted by Crippen LogP contribution is 2.09. The van der Waals surface area contributed by atoms with Crippen molar-refractivity contribution in [1.82, 2.24) is 15.1 Å². The second-order valence-corrected chi connectivity index (χ2v) is 5.71. The number of hydrogen-bond acceptors (Lipinski definition) is 3. The van der Waals surface area contributed by atoms with Gasteiger partial charge in [-0.05, 0) is 31.9 Å². The summed E-state index contributed by atoms with van der Waals surface area (Å²) >= 11 is 0. The molecule has 1 aromatic heterocycles. The fourth-order valence-electron chi connectivity index (χ4n) is 2.20. The molecule has 1 unspecified atom stereocenters. The van der Waals surface area contributed by atoms with E-state index in [0.717, 1.165) is 5.56 Å². The first-order chi connectivity index (χ1) is 11.0. The van der Waals surface area contributed by atoms with Crippen LogP contribution in [0.15, 0.2) is 42.6 Å². The smallest absolute Gasteiger partial charge is 0.308 e. The van der Waals surface area contributed by atoms with Gasteiger partial charge in [-0.1, -0.05) is 30.3 Å². The van der Waals surface area contributed by atoms with Crippen molar-refractivity contribution in [3.63, 3.8) is 0 Å². The summed E-state index contributed by atoms with van der Waals surface area (Å²) in [5.74, 6) is -1.96. The van der Waals surface area contributed by atoms with E-state index in [1.165, 1.54) is 0 Å². The van der Waals surface area contributed by atoms with Crippen molar-refractivity contribution in [2.24, 2.45) is 5.92 Å². The fourth-order valence-corrected chi connectivity index (χ4v) is 2.20. The molecule has 0 aliphatic carbocycles. The molecule has 0 bridgehead atoms. The highest BCUT2D eigenvalue weighted by atomic mass is 16.4. The van der Waals surface area contributed by atoms with Gasteiger partial charge in [-0.25, -0.2) is 0 Å². The Balaban J connectivity index is 1.95. The SMILES string of the molecule is CC(C)n1ccc(C(=O)NCC(Cc2ccccc2)C(=O)O)n1. The van der Waals surface area contributed by atoms with E-state index in [1.807, 2.05) is 44.2 Å². The molecule has 0 aliphatic heterocycles. The van der Waals surface area contributed by atoms with E-state index in [-0.39, 0.29) is 18.5 Å². The van der Waals surface area contributed by atoms with E-state index in [9.17, 15) is 14.7 Å². The summed E-state index contributed by atoms with van der Waals surface area (Å²) in [4.78, 5) is 23.5. The molecule has 1 amide bonds. The van der Waals surface area contributed by atoms with Crippen LogP contribution in [-0.4, -0.2) is 33.3 Å². The van der Waals surface area contributed by atoms with Crippen molar-refractivity contribution in [2.45, 2.75) is 26.3 Å². The van der Waals surface area contributed by atoms with Crippen LogP contribution in [0.5, 0.6) is 0 Å². The van der Waals surface area contributed by atoms with Gasteiger partial charge in [0, 0.05) is 18.8 Å². The standard InChI is InChI=1S/C17H21N3O3/c1-12(2)20-9-8-15(19-20)16(21)18-11-14(17(22)23)10-13-6-4-3-5-7-13/h3-9,12,14H,10-11H2,1-2H3,(H,18,21)(H,22,23). The van der Waals surface area contributed by atoms with Crippen LogP contribution in [-0.2, 0) is 11.2 Å². The summed E-state index contributed by atoms with van der Waals surface area (Å²) in [5, 5.41) is 16.2. The van der Waals surface area contributed by atoms with Gasteiger partial charge in [0.1, 0.15) is 5.69 Å². The summed E-state index contributed by atoms with van der Waals surface area (Å²) < 4.78 is 1.69. The van der Waals surface area contributed by atoms with E-state index in [0.29, 0.717) is 12.1 Å². The van der Waals surface area contributed by atoms with Crippen molar-refractivity contribution < 1.29 is 14.7 Å². The Bertz CT molecular complexity index is 665. The molecular formula is C17H21N3O3. The van der Waals surface area contributed by atoms with Gasteiger partial charge in [0.2, 0.25) is 0 Å². The molecule has 6 heteroatoms. The quantitative estimate of drug-likeness (QED) is 0.820. The Morgan fingerprint density at radius 3 is 2.48 bits per heavy atom. The van der Waals surface area contributed by atoms with Gasteiger partial charge in [0.05, 0.1) is 5.92 Å². The Labute approximate surface area is 135 Å². The average Bonchev–Trinajstić information content (AvgIpc) is 3.02. The van der Waals surface area contributed by atoms with Crippen molar-refractivity contribution in [1.29, 1.82) is 0 Å². The fraction of sp³-hybridized carbons (Fsp3) is 0.353. The second kappa shape index (κ2) is 7.58. The Morgan fingerprint density at radius 2 is 1.91 bits per heavy atom. The second-order valence-electron chi connectivity index (χ2n) is 5.71. The van der Waals surface area contributed by atoms with Crippen LogP contribution in [0.4, 0.5) is 0 Å². The van der Waals surface area contributed by atoms with Gasteiger partial charge >= 0.3 is 5.97 Å². The van der Waals surface area contributed by atoms with E-state index >= 15 is 0 Å². The van der Waals surface area contributed by atoms with Gasteiger partial charge in [-0.3, -0.25) is 14.3 Å². The van der Waals surface area contributed by atoms with E-state index in [2.05, 4.69) is 10.4 Å². The predicted molar refractivity (Wildman–Crippen MR) is 86.2 cm³/mol. The van der Waals surface area contributed by atoms with E-state index in [1.54, 1.807) is 16.9 Å². The first-order valence-corrected chi connectivity index (χ1v) is 7.57. The van der Waals surface area contributed by atoms with E-state index < -0.39 is 11.9 Å². The summed E-state index contributed by atoms with van der Waals surface area (Å²) in [7, 11) is 0. The summed E-state index contributed by atoms with van der Waals surface area (Å²) in [6.45, 7) is 4.00. The molecule has 6 nitrogen and oxygen atoms in total. The molecule has 122 valence electrons. The number of rotatable bonds is 7. The number of carbonyl (C=O) groups is 2.